The van der Waals surface area contributed by atoms with E-state index in [0.717, 1.165) is 42.7 Å². The predicted octanol–water partition coefficient (Wildman–Crippen LogP) is 0.399. The maximum atomic E-state index is 12.6. The Kier molecular flexibility index (Phi) is 5.32. The van der Waals surface area contributed by atoms with Crippen molar-refractivity contribution in [3.05, 3.63) is 23.9 Å². The molecule has 4 rings (SSSR count). The first-order valence-corrected chi connectivity index (χ1v) is 9.78. The van der Waals surface area contributed by atoms with E-state index in [4.69, 9.17) is 0 Å². The number of hydrogen-bond donors (Lipinski definition) is 2. The zero-order valence-corrected chi connectivity index (χ0v) is 15.7. The summed E-state index contributed by atoms with van der Waals surface area (Å²) in [6.45, 7) is 2.18. The number of carbonyl (C=O) groups is 3. The summed E-state index contributed by atoms with van der Waals surface area (Å²) in [5.41, 5.74) is 1.13. The lowest BCUT2D eigenvalue weighted by molar-refractivity contribution is -0.120. The van der Waals surface area contributed by atoms with Crippen molar-refractivity contribution in [3.63, 3.8) is 0 Å². The van der Waals surface area contributed by atoms with Gasteiger partial charge in [0.15, 0.2) is 0 Å². The lowest BCUT2D eigenvalue weighted by Crippen LogP contribution is -2.47. The predicted molar refractivity (Wildman–Crippen MR) is 103 cm³/mol. The van der Waals surface area contributed by atoms with Crippen LogP contribution in [0.1, 0.15) is 37.2 Å². The molecule has 2 bridgehead atoms. The van der Waals surface area contributed by atoms with Crippen molar-refractivity contribution in [2.75, 3.05) is 25.0 Å². The van der Waals surface area contributed by atoms with Gasteiger partial charge in [0.05, 0.1) is 12.2 Å². The molecule has 148 valence electrons. The smallest absolute Gasteiger partial charge is 0.339 e. The number of nitrogens with zero attached hydrogens (tertiary/aromatic N) is 4. The van der Waals surface area contributed by atoms with Crippen LogP contribution in [0.5, 0.6) is 0 Å². The fraction of sp³-hybridized carbons (Fsp3) is 0.556. The quantitative estimate of drug-likeness (QED) is 0.432. The van der Waals surface area contributed by atoms with E-state index in [9.17, 15) is 19.6 Å². The molecule has 0 aliphatic carbocycles. The molecule has 0 radical (unpaired) electrons. The first kappa shape index (κ1) is 18.9. The van der Waals surface area contributed by atoms with E-state index in [-0.39, 0.29) is 11.9 Å². The summed E-state index contributed by atoms with van der Waals surface area (Å²) in [5.74, 6) is 0.597. The van der Waals surface area contributed by atoms with E-state index >= 15 is 0 Å². The second-order valence-electron chi connectivity index (χ2n) is 7.73. The van der Waals surface area contributed by atoms with Gasteiger partial charge in [-0.05, 0) is 56.3 Å². The van der Waals surface area contributed by atoms with Crippen LogP contribution >= 0.6 is 0 Å². The molecular weight excluding hydrogens is 361 g/mol. The Morgan fingerprint density at radius 2 is 2.04 bits per heavy atom. The van der Waals surface area contributed by atoms with E-state index in [0.29, 0.717) is 38.5 Å². The molecule has 3 amide bonds. The summed E-state index contributed by atoms with van der Waals surface area (Å²) < 4.78 is 0. The zero-order chi connectivity index (χ0) is 19.7. The maximum Gasteiger partial charge on any atom is 0.344 e. The normalized spacial score (nSPS) is 25.7. The Morgan fingerprint density at radius 3 is 2.71 bits per heavy atom. The van der Waals surface area contributed by atoms with E-state index < -0.39 is 12.1 Å². The van der Waals surface area contributed by atoms with E-state index in [1.807, 2.05) is 6.07 Å². The molecule has 0 aromatic carbocycles. The van der Waals surface area contributed by atoms with Crippen molar-refractivity contribution < 1.29 is 19.6 Å². The van der Waals surface area contributed by atoms with Crippen LogP contribution in [0.15, 0.2) is 18.3 Å². The first-order valence-electron chi connectivity index (χ1n) is 9.78. The van der Waals surface area contributed by atoms with Crippen LogP contribution in [0.4, 0.5) is 10.6 Å². The molecule has 3 aliphatic rings. The van der Waals surface area contributed by atoms with Crippen molar-refractivity contribution in [2.24, 2.45) is 0 Å². The molecule has 0 saturated carbocycles. The van der Waals surface area contributed by atoms with E-state index in [1.165, 1.54) is 4.90 Å². The Balaban J connectivity index is 1.34. The first-order chi connectivity index (χ1) is 13.6. The third-order valence-corrected chi connectivity index (χ3v) is 6.08. The number of anilines is 1. The summed E-state index contributed by atoms with van der Waals surface area (Å²) in [6.07, 6.45) is 5.84. The molecule has 3 aliphatic heterocycles. The van der Waals surface area contributed by atoms with Crippen LogP contribution in [-0.2, 0) is 9.59 Å². The topological polar surface area (TPSA) is 106 Å². The standard InChI is InChI=1S/C18H24BN5O4/c25-11-19-22-7-5-12(6-8-22)13-1-4-16(20-9-13)21-17(26)15-3-2-14-10-23(15)18(27)24(14)28/h1,4,9,11-12,14-15,19,28H,2-3,5-8,10H2,(H,20,21,26)/t14-,15+/m1/s1. The third-order valence-electron chi connectivity index (χ3n) is 6.08. The summed E-state index contributed by atoms with van der Waals surface area (Å²) in [6, 6.07) is 2.47. The number of urea groups is 1. The molecule has 3 saturated heterocycles. The summed E-state index contributed by atoms with van der Waals surface area (Å²) >= 11 is 0. The number of hydroxylamine groups is 2. The number of fused-ring (bicyclic) bond motifs is 2. The Hall–Kier alpha value is -2.46. The average molecular weight is 385 g/mol. The SMILES string of the molecule is O=CBN1CCC(c2ccc(NC(=O)[C@@H]3CC[C@@H]4CN3C(=O)N4O)nc2)CC1. The van der Waals surface area contributed by atoms with E-state index in [1.54, 1.807) is 12.3 Å². The number of amides is 3. The molecule has 4 heterocycles. The summed E-state index contributed by atoms with van der Waals surface area (Å²) in [5, 5.41) is 13.3. The zero-order valence-electron chi connectivity index (χ0n) is 15.7. The Labute approximate surface area is 163 Å². The monoisotopic (exact) mass is 385 g/mol. The highest BCUT2D eigenvalue weighted by atomic mass is 16.5. The number of rotatable bonds is 5. The molecule has 0 spiro atoms. The van der Waals surface area contributed by atoms with E-state index in [2.05, 4.69) is 15.1 Å². The number of aromatic nitrogens is 1. The highest BCUT2D eigenvalue weighted by Crippen LogP contribution is 2.30. The van der Waals surface area contributed by atoms with Gasteiger partial charge in [-0.1, -0.05) is 6.07 Å². The van der Waals surface area contributed by atoms with Crippen LogP contribution in [0.2, 0.25) is 0 Å². The van der Waals surface area contributed by atoms with Gasteiger partial charge in [-0.25, -0.2) is 14.8 Å². The number of nitrogens with one attached hydrogen (secondary N) is 1. The number of hydrogen-bond acceptors (Lipinski definition) is 6. The molecule has 0 unspecified atom stereocenters. The molecule has 3 fully saturated rings. The molecule has 1 aromatic rings. The van der Waals surface area contributed by atoms with Crippen molar-refractivity contribution in [2.45, 2.75) is 43.7 Å². The average Bonchev–Trinajstić information content (AvgIpc) is 2.93. The van der Waals surface area contributed by atoms with Crippen molar-refractivity contribution in [3.8, 4) is 0 Å². The minimum absolute atomic E-state index is 0.216. The van der Waals surface area contributed by atoms with Crippen LogP contribution in [0, 0.1) is 0 Å². The van der Waals surface area contributed by atoms with Gasteiger partial charge >= 0.3 is 6.03 Å². The van der Waals surface area contributed by atoms with Gasteiger partial charge in [-0.15, -0.1) is 0 Å². The minimum Gasteiger partial charge on any atom is -0.339 e. The van der Waals surface area contributed by atoms with Gasteiger partial charge in [0.25, 0.3) is 7.41 Å². The van der Waals surface area contributed by atoms with Gasteiger partial charge < -0.3 is 19.8 Å². The highest BCUT2D eigenvalue weighted by molar-refractivity contribution is 6.64. The minimum atomic E-state index is -0.579. The van der Waals surface area contributed by atoms with Gasteiger partial charge in [0, 0.05) is 12.7 Å². The molecule has 2 atom stereocenters. The second-order valence-corrected chi connectivity index (χ2v) is 7.73. The van der Waals surface area contributed by atoms with Gasteiger partial charge in [-0.3, -0.25) is 10.0 Å². The molecule has 10 heteroatoms. The maximum absolute atomic E-state index is 12.6. The molecular formula is C18H24BN5O4. The Morgan fingerprint density at radius 1 is 1.25 bits per heavy atom. The van der Waals surface area contributed by atoms with Crippen molar-refractivity contribution >= 4 is 31.4 Å². The number of piperidine rings is 2. The van der Waals surface area contributed by atoms with Crippen molar-refractivity contribution in [1.82, 2.24) is 19.8 Å². The van der Waals surface area contributed by atoms with Crippen LogP contribution in [0.3, 0.4) is 0 Å². The van der Waals surface area contributed by atoms with Crippen molar-refractivity contribution in [1.29, 1.82) is 0 Å². The second kappa shape index (κ2) is 7.88. The van der Waals surface area contributed by atoms with Gasteiger partial charge in [-0.2, -0.15) is 0 Å². The molecule has 1 aromatic heterocycles. The highest BCUT2D eigenvalue weighted by Gasteiger charge is 2.46. The van der Waals surface area contributed by atoms with Crippen LogP contribution < -0.4 is 5.32 Å². The summed E-state index contributed by atoms with van der Waals surface area (Å²) in [4.78, 5) is 43.2. The molecule has 28 heavy (non-hydrogen) atoms. The van der Waals surface area contributed by atoms with Gasteiger partial charge in [0.1, 0.15) is 11.9 Å². The third kappa shape index (κ3) is 3.61. The summed E-state index contributed by atoms with van der Waals surface area (Å²) in [7, 11) is 0.491. The lowest BCUT2D eigenvalue weighted by Gasteiger charge is -2.30. The fourth-order valence-corrected chi connectivity index (χ4v) is 4.41. The molecule has 9 nitrogen and oxygen atoms in total. The fourth-order valence-electron chi connectivity index (χ4n) is 4.41. The van der Waals surface area contributed by atoms with Crippen LogP contribution in [-0.4, -0.2) is 82.2 Å². The number of carbonyl (C=O) groups excluding carboxylic acids is 3. The van der Waals surface area contributed by atoms with Crippen LogP contribution in [0.25, 0.3) is 0 Å². The van der Waals surface area contributed by atoms with Gasteiger partial charge in [0.2, 0.25) is 5.91 Å². The number of pyridine rings is 1. The lowest BCUT2D eigenvalue weighted by atomic mass is 9.84. The largest absolute Gasteiger partial charge is 0.344 e. The molecule has 2 N–H and O–H groups in total. The Bertz CT molecular complexity index is 753.